The van der Waals surface area contributed by atoms with Crippen molar-refractivity contribution < 1.29 is 13.2 Å². The van der Waals surface area contributed by atoms with Gasteiger partial charge >= 0.3 is 0 Å². The predicted molar refractivity (Wildman–Crippen MR) is 75.1 cm³/mol. The summed E-state index contributed by atoms with van der Waals surface area (Å²) < 4.78 is 25.7. The lowest BCUT2D eigenvalue weighted by atomic mass is 9.99. The maximum absolute atomic E-state index is 12.1. The molecule has 0 saturated carbocycles. The van der Waals surface area contributed by atoms with Crippen LogP contribution in [0.15, 0.2) is 0 Å². The van der Waals surface area contributed by atoms with Crippen molar-refractivity contribution in [1.82, 2.24) is 9.62 Å². The Morgan fingerprint density at radius 2 is 2.21 bits per heavy atom. The van der Waals surface area contributed by atoms with Gasteiger partial charge in [-0.1, -0.05) is 13.3 Å². The summed E-state index contributed by atoms with van der Waals surface area (Å²) in [5, 5.41) is 2.73. The smallest absolute Gasteiger partial charge is 0.224 e. The number of sulfonamides is 1. The largest absolute Gasteiger partial charge is 0.355 e. The van der Waals surface area contributed by atoms with Gasteiger partial charge in [-0.25, -0.2) is 12.7 Å². The Morgan fingerprint density at radius 1 is 1.47 bits per heavy atom. The molecular weight excluding hydrogens is 266 g/mol. The summed E-state index contributed by atoms with van der Waals surface area (Å²) in [7, 11) is -3.20. The van der Waals surface area contributed by atoms with Crippen molar-refractivity contribution in [3.05, 3.63) is 0 Å². The van der Waals surface area contributed by atoms with Gasteiger partial charge in [0.05, 0.1) is 11.7 Å². The molecule has 1 aliphatic heterocycles. The number of piperidine rings is 1. The number of rotatable bonds is 7. The summed E-state index contributed by atoms with van der Waals surface area (Å²) in [5.41, 5.74) is 5.34. The van der Waals surface area contributed by atoms with Gasteiger partial charge in [0, 0.05) is 26.2 Å². The normalized spacial score (nSPS) is 21.3. The van der Waals surface area contributed by atoms with Crippen molar-refractivity contribution >= 4 is 15.9 Å². The fourth-order valence-corrected chi connectivity index (χ4v) is 3.93. The molecule has 0 aromatic heterocycles. The first-order chi connectivity index (χ1) is 9.01. The second kappa shape index (κ2) is 7.81. The van der Waals surface area contributed by atoms with E-state index >= 15 is 0 Å². The predicted octanol–water partition coefficient (Wildman–Crippen LogP) is -0.0968. The molecule has 0 radical (unpaired) electrons. The van der Waals surface area contributed by atoms with Gasteiger partial charge in [0.25, 0.3) is 0 Å². The highest BCUT2D eigenvalue weighted by Crippen LogP contribution is 2.20. The van der Waals surface area contributed by atoms with Gasteiger partial charge < -0.3 is 11.1 Å². The molecule has 1 fully saturated rings. The van der Waals surface area contributed by atoms with Gasteiger partial charge in [0.15, 0.2) is 0 Å². The average molecular weight is 291 g/mol. The zero-order valence-electron chi connectivity index (χ0n) is 11.6. The van der Waals surface area contributed by atoms with Crippen LogP contribution in [0.1, 0.15) is 32.6 Å². The van der Waals surface area contributed by atoms with Crippen LogP contribution in [0.3, 0.4) is 0 Å². The molecule has 19 heavy (non-hydrogen) atoms. The van der Waals surface area contributed by atoms with Crippen LogP contribution < -0.4 is 11.1 Å². The van der Waals surface area contributed by atoms with Crippen LogP contribution in [0.5, 0.6) is 0 Å². The van der Waals surface area contributed by atoms with Crippen LogP contribution in [-0.2, 0) is 14.8 Å². The lowest BCUT2D eigenvalue weighted by Gasteiger charge is -2.31. The van der Waals surface area contributed by atoms with Gasteiger partial charge in [-0.15, -0.1) is 0 Å². The van der Waals surface area contributed by atoms with E-state index in [4.69, 9.17) is 5.73 Å². The van der Waals surface area contributed by atoms with Crippen molar-refractivity contribution in [2.24, 2.45) is 11.7 Å². The highest BCUT2D eigenvalue weighted by atomic mass is 32.2. The topological polar surface area (TPSA) is 92.5 Å². The molecule has 0 bridgehead atoms. The van der Waals surface area contributed by atoms with Crippen LogP contribution in [0.2, 0.25) is 0 Å². The van der Waals surface area contributed by atoms with Crippen molar-refractivity contribution in [3.8, 4) is 0 Å². The van der Waals surface area contributed by atoms with Crippen LogP contribution in [0.25, 0.3) is 0 Å². The lowest BCUT2D eigenvalue weighted by Crippen LogP contribution is -2.46. The molecule has 1 atom stereocenters. The van der Waals surface area contributed by atoms with Crippen molar-refractivity contribution in [2.75, 3.05) is 31.9 Å². The monoisotopic (exact) mass is 291 g/mol. The molecule has 1 saturated heterocycles. The number of nitrogens with zero attached hydrogens (tertiary/aromatic N) is 1. The van der Waals surface area contributed by atoms with Crippen LogP contribution in [0, 0.1) is 5.92 Å². The molecule has 1 unspecified atom stereocenters. The number of nitrogens with one attached hydrogen (secondary N) is 1. The molecule has 0 aromatic carbocycles. The van der Waals surface area contributed by atoms with E-state index in [2.05, 4.69) is 5.32 Å². The van der Waals surface area contributed by atoms with E-state index in [0.29, 0.717) is 32.6 Å². The zero-order chi connectivity index (χ0) is 14.3. The van der Waals surface area contributed by atoms with Crippen molar-refractivity contribution in [1.29, 1.82) is 0 Å². The molecule has 3 N–H and O–H groups in total. The van der Waals surface area contributed by atoms with E-state index in [-0.39, 0.29) is 17.6 Å². The first kappa shape index (κ1) is 16.4. The van der Waals surface area contributed by atoms with E-state index in [1.54, 1.807) is 0 Å². The Balaban J connectivity index is 2.56. The molecule has 112 valence electrons. The van der Waals surface area contributed by atoms with Crippen LogP contribution >= 0.6 is 0 Å². The molecule has 0 aromatic rings. The zero-order valence-corrected chi connectivity index (χ0v) is 12.4. The minimum absolute atomic E-state index is 0.0826. The summed E-state index contributed by atoms with van der Waals surface area (Å²) in [4.78, 5) is 11.9. The standard InChI is InChI=1S/C12H25N3O3S/c1-2-3-9-19(17,18)15-8-4-5-11(10-15)12(16)14-7-6-13/h11H,2-10,13H2,1H3,(H,14,16). The number of carbonyl (C=O) groups excluding carboxylic acids is 1. The number of nitrogens with two attached hydrogens (primary N) is 1. The quantitative estimate of drug-likeness (QED) is 0.685. The third kappa shape index (κ3) is 5.08. The SMILES string of the molecule is CCCCS(=O)(=O)N1CCCC(C(=O)NCCN)C1. The van der Waals surface area contributed by atoms with Gasteiger partial charge in [-0.2, -0.15) is 0 Å². The first-order valence-electron chi connectivity index (χ1n) is 6.97. The summed E-state index contributed by atoms with van der Waals surface area (Å²) in [5.74, 6) is -0.141. The van der Waals surface area contributed by atoms with E-state index < -0.39 is 10.0 Å². The van der Waals surface area contributed by atoms with Crippen molar-refractivity contribution in [3.63, 3.8) is 0 Å². The Bertz CT molecular complexity index is 384. The van der Waals surface area contributed by atoms with E-state index in [1.807, 2.05) is 6.92 Å². The van der Waals surface area contributed by atoms with E-state index in [9.17, 15) is 13.2 Å². The third-order valence-corrected chi connectivity index (χ3v) is 5.27. The Hall–Kier alpha value is -0.660. The fraction of sp³-hybridized carbons (Fsp3) is 0.917. The average Bonchev–Trinajstić information content (AvgIpc) is 2.42. The van der Waals surface area contributed by atoms with Gasteiger partial charge in [-0.3, -0.25) is 4.79 Å². The minimum Gasteiger partial charge on any atom is -0.355 e. The first-order valence-corrected chi connectivity index (χ1v) is 8.57. The Morgan fingerprint density at radius 3 is 2.84 bits per heavy atom. The molecule has 1 rings (SSSR count). The number of carbonyl (C=O) groups is 1. The Labute approximate surface area is 115 Å². The number of unbranched alkanes of at least 4 members (excludes halogenated alkanes) is 1. The van der Waals surface area contributed by atoms with Crippen molar-refractivity contribution in [2.45, 2.75) is 32.6 Å². The molecule has 0 aliphatic carbocycles. The fourth-order valence-electron chi connectivity index (χ4n) is 2.20. The molecular formula is C12H25N3O3S. The van der Waals surface area contributed by atoms with Crippen LogP contribution in [0.4, 0.5) is 0 Å². The van der Waals surface area contributed by atoms with E-state index in [1.165, 1.54) is 4.31 Å². The lowest BCUT2D eigenvalue weighted by molar-refractivity contribution is -0.126. The second-order valence-electron chi connectivity index (χ2n) is 4.95. The number of hydrogen-bond donors (Lipinski definition) is 2. The molecule has 0 spiro atoms. The molecule has 1 aliphatic rings. The Kier molecular flexibility index (Phi) is 6.74. The number of amides is 1. The molecule has 1 amide bonds. The maximum atomic E-state index is 12.1. The summed E-state index contributed by atoms with van der Waals surface area (Å²) in [6, 6.07) is 0. The molecule has 6 nitrogen and oxygen atoms in total. The van der Waals surface area contributed by atoms with Gasteiger partial charge in [-0.05, 0) is 19.3 Å². The minimum atomic E-state index is -3.20. The van der Waals surface area contributed by atoms with Crippen LogP contribution in [-0.4, -0.2) is 50.6 Å². The number of hydrogen-bond acceptors (Lipinski definition) is 4. The third-order valence-electron chi connectivity index (χ3n) is 3.35. The van der Waals surface area contributed by atoms with Gasteiger partial charge in [0.1, 0.15) is 0 Å². The van der Waals surface area contributed by atoms with E-state index in [0.717, 1.165) is 19.3 Å². The summed E-state index contributed by atoms with van der Waals surface area (Å²) in [6.45, 7) is 3.65. The van der Waals surface area contributed by atoms with Gasteiger partial charge in [0.2, 0.25) is 15.9 Å². The second-order valence-corrected chi connectivity index (χ2v) is 7.03. The highest BCUT2D eigenvalue weighted by molar-refractivity contribution is 7.89. The maximum Gasteiger partial charge on any atom is 0.224 e. The summed E-state index contributed by atoms with van der Waals surface area (Å²) in [6.07, 6.45) is 3.01. The molecule has 1 heterocycles. The molecule has 7 heteroatoms. The highest BCUT2D eigenvalue weighted by Gasteiger charge is 2.31. The summed E-state index contributed by atoms with van der Waals surface area (Å²) >= 11 is 0.